The van der Waals surface area contributed by atoms with Gasteiger partial charge in [0.05, 0.1) is 0 Å². The molecule has 0 spiro atoms. The summed E-state index contributed by atoms with van der Waals surface area (Å²) in [5.74, 6) is 0. The van der Waals surface area contributed by atoms with Gasteiger partial charge >= 0.3 is 0 Å². The lowest BCUT2D eigenvalue weighted by molar-refractivity contribution is 0.131. The molecule has 0 unspecified atom stereocenters. The van der Waals surface area contributed by atoms with Gasteiger partial charge in [-0.2, -0.15) is 0 Å². The molecular formula is C17H29N3. The van der Waals surface area contributed by atoms with Crippen LogP contribution in [0.2, 0.25) is 0 Å². The number of aryl methyl sites for hydroxylation is 2. The maximum atomic E-state index is 5.57. The molecule has 20 heavy (non-hydrogen) atoms. The molecule has 0 saturated carbocycles. The predicted octanol–water partition coefficient (Wildman–Crippen LogP) is 1.89. The maximum Gasteiger partial charge on any atom is 0.0110 e. The van der Waals surface area contributed by atoms with Crippen LogP contribution < -0.4 is 5.73 Å². The van der Waals surface area contributed by atoms with Gasteiger partial charge in [-0.1, -0.05) is 29.8 Å². The topological polar surface area (TPSA) is 32.5 Å². The Balaban J connectivity index is 1.60. The van der Waals surface area contributed by atoms with Crippen molar-refractivity contribution in [3.05, 3.63) is 35.4 Å². The largest absolute Gasteiger partial charge is 0.330 e. The molecule has 0 bridgehead atoms. The normalized spacial score (nSPS) is 17.5. The zero-order valence-corrected chi connectivity index (χ0v) is 12.9. The van der Waals surface area contributed by atoms with E-state index in [2.05, 4.69) is 41.0 Å². The minimum Gasteiger partial charge on any atom is -0.330 e. The molecule has 0 amide bonds. The van der Waals surface area contributed by atoms with Gasteiger partial charge in [-0.05, 0) is 51.4 Å². The van der Waals surface area contributed by atoms with E-state index in [1.165, 1.54) is 63.2 Å². The predicted molar refractivity (Wildman–Crippen MR) is 86.1 cm³/mol. The summed E-state index contributed by atoms with van der Waals surface area (Å²) in [4.78, 5) is 5.15. The van der Waals surface area contributed by atoms with Crippen LogP contribution in [0.15, 0.2) is 24.3 Å². The fourth-order valence-electron chi connectivity index (χ4n) is 2.81. The summed E-state index contributed by atoms with van der Waals surface area (Å²) < 4.78 is 0. The molecule has 0 aromatic heterocycles. The van der Waals surface area contributed by atoms with E-state index in [-0.39, 0.29) is 0 Å². The number of hydrogen-bond donors (Lipinski definition) is 1. The van der Waals surface area contributed by atoms with Crippen LogP contribution >= 0.6 is 0 Å². The lowest BCUT2D eigenvalue weighted by atomic mass is 10.1. The van der Waals surface area contributed by atoms with Crippen LogP contribution in [-0.4, -0.2) is 55.6 Å². The monoisotopic (exact) mass is 275 g/mol. The number of rotatable bonds is 7. The average Bonchev–Trinajstić information content (AvgIpc) is 2.48. The van der Waals surface area contributed by atoms with Crippen LogP contribution in [0.4, 0.5) is 0 Å². The summed E-state index contributed by atoms with van der Waals surface area (Å²) in [6, 6.07) is 8.96. The molecule has 1 aromatic carbocycles. The van der Waals surface area contributed by atoms with E-state index in [0.717, 1.165) is 13.0 Å². The molecule has 1 heterocycles. The van der Waals surface area contributed by atoms with E-state index in [4.69, 9.17) is 5.73 Å². The number of nitrogens with two attached hydrogens (primary N) is 1. The molecule has 2 rings (SSSR count). The fourth-order valence-corrected chi connectivity index (χ4v) is 2.81. The van der Waals surface area contributed by atoms with Crippen LogP contribution in [0, 0.1) is 6.92 Å². The van der Waals surface area contributed by atoms with Crippen LogP contribution in [0.1, 0.15) is 24.0 Å². The molecule has 0 aliphatic carbocycles. The lowest BCUT2D eigenvalue weighted by Gasteiger charge is -2.34. The van der Waals surface area contributed by atoms with Gasteiger partial charge in [0.2, 0.25) is 0 Å². The summed E-state index contributed by atoms with van der Waals surface area (Å²) in [6.07, 6.45) is 3.60. The van der Waals surface area contributed by atoms with E-state index in [1.54, 1.807) is 0 Å². The van der Waals surface area contributed by atoms with Gasteiger partial charge in [-0.15, -0.1) is 0 Å². The Morgan fingerprint density at radius 2 is 1.45 bits per heavy atom. The zero-order chi connectivity index (χ0) is 14.2. The Morgan fingerprint density at radius 1 is 0.900 bits per heavy atom. The Bertz CT molecular complexity index is 366. The minimum absolute atomic E-state index is 0.816. The Kier molecular flexibility index (Phi) is 6.51. The van der Waals surface area contributed by atoms with E-state index < -0.39 is 0 Å². The Morgan fingerprint density at radius 3 is 2.00 bits per heavy atom. The van der Waals surface area contributed by atoms with Crippen LogP contribution in [-0.2, 0) is 6.42 Å². The fraction of sp³-hybridized carbons (Fsp3) is 0.647. The summed E-state index contributed by atoms with van der Waals surface area (Å²) in [5.41, 5.74) is 8.39. The average molecular weight is 275 g/mol. The highest BCUT2D eigenvalue weighted by molar-refractivity contribution is 5.21. The van der Waals surface area contributed by atoms with Crippen molar-refractivity contribution >= 4 is 0 Å². The molecule has 0 radical (unpaired) electrons. The summed E-state index contributed by atoms with van der Waals surface area (Å²) >= 11 is 0. The van der Waals surface area contributed by atoms with Crippen molar-refractivity contribution in [1.29, 1.82) is 0 Å². The van der Waals surface area contributed by atoms with Gasteiger partial charge in [0.25, 0.3) is 0 Å². The second-order valence-electron chi connectivity index (χ2n) is 5.91. The van der Waals surface area contributed by atoms with Gasteiger partial charge < -0.3 is 15.5 Å². The molecular weight excluding hydrogens is 246 g/mol. The van der Waals surface area contributed by atoms with Gasteiger partial charge in [0.15, 0.2) is 0 Å². The molecule has 1 aliphatic rings. The van der Waals surface area contributed by atoms with Crippen molar-refractivity contribution in [3.8, 4) is 0 Å². The van der Waals surface area contributed by atoms with Crippen molar-refractivity contribution in [3.63, 3.8) is 0 Å². The zero-order valence-electron chi connectivity index (χ0n) is 12.9. The lowest BCUT2D eigenvalue weighted by Crippen LogP contribution is -2.47. The Labute approximate surface area is 123 Å². The molecule has 3 heteroatoms. The quantitative estimate of drug-likeness (QED) is 0.825. The van der Waals surface area contributed by atoms with Crippen molar-refractivity contribution < 1.29 is 0 Å². The first kappa shape index (κ1) is 15.5. The second-order valence-corrected chi connectivity index (χ2v) is 5.91. The molecule has 1 saturated heterocycles. The van der Waals surface area contributed by atoms with Crippen molar-refractivity contribution in [2.45, 2.75) is 26.2 Å². The Hall–Kier alpha value is -0.900. The summed E-state index contributed by atoms with van der Waals surface area (Å²) in [6.45, 7) is 10.2. The highest BCUT2D eigenvalue weighted by atomic mass is 15.3. The van der Waals surface area contributed by atoms with Crippen LogP contribution in [0.3, 0.4) is 0 Å². The number of piperazine rings is 1. The molecule has 1 aliphatic heterocycles. The second kappa shape index (κ2) is 8.40. The van der Waals surface area contributed by atoms with Gasteiger partial charge in [0, 0.05) is 26.2 Å². The highest BCUT2D eigenvalue weighted by Crippen LogP contribution is 2.08. The maximum absolute atomic E-state index is 5.57. The van der Waals surface area contributed by atoms with Crippen molar-refractivity contribution in [1.82, 2.24) is 9.80 Å². The SMILES string of the molecule is Cc1ccc(CCCN2CCN(CCCN)CC2)cc1. The minimum atomic E-state index is 0.816. The molecule has 2 N–H and O–H groups in total. The molecule has 112 valence electrons. The smallest absolute Gasteiger partial charge is 0.0110 e. The standard InChI is InChI=1S/C17H29N3/c1-16-5-7-17(8-6-16)4-2-10-19-12-14-20(15-13-19)11-3-9-18/h5-8H,2-4,9-15,18H2,1H3. The third-order valence-electron chi connectivity index (χ3n) is 4.20. The van der Waals surface area contributed by atoms with Crippen molar-refractivity contribution in [2.75, 3.05) is 45.8 Å². The molecule has 1 fully saturated rings. The first-order chi connectivity index (χ1) is 9.78. The third-order valence-corrected chi connectivity index (χ3v) is 4.20. The third kappa shape index (κ3) is 5.23. The van der Waals surface area contributed by atoms with Gasteiger partial charge in [-0.25, -0.2) is 0 Å². The first-order valence-corrected chi connectivity index (χ1v) is 7.98. The van der Waals surface area contributed by atoms with E-state index >= 15 is 0 Å². The van der Waals surface area contributed by atoms with E-state index in [0.29, 0.717) is 0 Å². The number of nitrogens with zero attached hydrogens (tertiary/aromatic N) is 2. The van der Waals surface area contributed by atoms with Crippen LogP contribution in [0.5, 0.6) is 0 Å². The van der Waals surface area contributed by atoms with Crippen LogP contribution in [0.25, 0.3) is 0 Å². The molecule has 3 nitrogen and oxygen atoms in total. The van der Waals surface area contributed by atoms with Gasteiger partial charge in [-0.3, -0.25) is 0 Å². The van der Waals surface area contributed by atoms with E-state index in [9.17, 15) is 0 Å². The van der Waals surface area contributed by atoms with E-state index in [1.807, 2.05) is 0 Å². The number of hydrogen-bond acceptors (Lipinski definition) is 3. The van der Waals surface area contributed by atoms with Crippen molar-refractivity contribution in [2.24, 2.45) is 5.73 Å². The number of benzene rings is 1. The first-order valence-electron chi connectivity index (χ1n) is 7.98. The summed E-state index contributed by atoms with van der Waals surface area (Å²) in [5, 5.41) is 0. The summed E-state index contributed by atoms with van der Waals surface area (Å²) in [7, 11) is 0. The highest BCUT2D eigenvalue weighted by Gasteiger charge is 2.15. The molecule has 0 atom stereocenters. The molecule has 1 aromatic rings. The van der Waals surface area contributed by atoms with Gasteiger partial charge in [0.1, 0.15) is 0 Å².